The predicted octanol–water partition coefficient (Wildman–Crippen LogP) is 3.74. The highest BCUT2D eigenvalue weighted by atomic mass is 32.1. The Kier molecular flexibility index (Phi) is 7.68. The molecule has 1 aromatic carbocycles. The summed E-state index contributed by atoms with van der Waals surface area (Å²) in [7, 11) is 1.86. The second-order valence-corrected chi connectivity index (χ2v) is 10.7. The van der Waals surface area contributed by atoms with Crippen molar-refractivity contribution in [2.24, 2.45) is 7.05 Å². The number of aryl methyl sites for hydroxylation is 1. The molecule has 37 heavy (non-hydrogen) atoms. The quantitative estimate of drug-likeness (QED) is 0.495. The summed E-state index contributed by atoms with van der Waals surface area (Å²) in [5, 5.41) is 8.55. The number of halogens is 3. The number of thiazole rings is 1. The van der Waals surface area contributed by atoms with Gasteiger partial charge >= 0.3 is 6.18 Å². The number of hydrogen-bond donors (Lipinski definition) is 1. The van der Waals surface area contributed by atoms with Crippen molar-refractivity contribution in [2.45, 2.75) is 50.4 Å². The van der Waals surface area contributed by atoms with Crippen molar-refractivity contribution >= 4 is 28.1 Å². The third kappa shape index (κ3) is 6.79. The highest BCUT2D eigenvalue weighted by Gasteiger charge is 2.30. The predicted molar refractivity (Wildman–Crippen MR) is 133 cm³/mol. The Hall–Kier alpha value is -2.70. The highest BCUT2D eigenvalue weighted by Crippen LogP contribution is 2.30. The fourth-order valence-corrected chi connectivity index (χ4v) is 5.78. The van der Waals surface area contributed by atoms with Crippen LogP contribution in [-0.4, -0.2) is 76.7 Å². The highest BCUT2D eigenvalue weighted by molar-refractivity contribution is 7.13. The number of rotatable bonds is 7. The van der Waals surface area contributed by atoms with Crippen molar-refractivity contribution in [3.63, 3.8) is 0 Å². The van der Waals surface area contributed by atoms with E-state index in [4.69, 9.17) is 9.47 Å². The summed E-state index contributed by atoms with van der Waals surface area (Å²) in [6, 6.07) is 5.52. The van der Waals surface area contributed by atoms with Gasteiger partial charge in [0.2, 0.25) is 0 Å². The van der Waals surface area contributed by atoms with E-state index in [9.17, 15) is 18.0 Å². The van der Waals surface area contributed by atoms with Crippen LogP contribution >= 0.6 is 11.3 Å². The first-order valence-corrected chi connectivity index (χ1v) is 13.3. The molecule has 1 saturated heterocycles. The van der Waals surface area contributed by atoms with E-state index < -0.39 is 12.8 Å². The summed E-state index contributed by atoms with van der Waals surface area (Å²) in [6.07, 6.45) is 1.81. The Morgan fingerprint density at radius 2 is 2.11 bits per heavy atom. The normalized spacial score (nSPS) is 21.0. The van der Waals surface area contributed by atoms with E-state index in [1.807, 2.05) is 31.4 Å². The van der Waals surface area contributed by atoms with E-state index in [0.717, 1.165) is 66.8 Å². The zero-order valence-electron chi connectivity index (χ0n) is 20.6. The molecule has 8 nitrogen and oxygen atoms in total. The summed E-state index contributed by atoms with van der Waals surface area (Å²) in [4.78, 5) is 20.4. The number of alkyl halides is 3. The van der Waals surface area contributed by atoms with Gasteiger partial charge in [-0.15, -0.1) is 0 Å². The Balaban J connectivity index is 1.03. The lowest BCUT2D eigenvalue weighted by Crippen LogP contribution is -2.43. The number of amides is 1. The molecule has 0 saturated carbocycles. The molecule has 3 aromatic rings. The summed E-state index contributed by atoms with van der Waals surface area (Å²) in [5.74, 6) is -0.114. The molecule has 5 rings (SSSR count). The van der Waals surface area contributed by atoms with Gasteiger partial charge in [0, 0.05) is 55.1 Å². The standard InChI is InChI=1S/C25H30F3N5O3S/c1-32-13-17-3-2-16(12-21(17)31-32)23(34)29-18-4-5-19(35-14-18)6-9-33-10-7-20-22(8-11-33)37-24(30-20)36-15-25(26,27)28/h2-3,12-13,18-19H,4-11,14-15H2,1H3,(H,29,34)/t18-,19+/m0/s1. The number of carbonyl (C=O) groups is 1. The molecule has 2 aliphatic heterocycles. The van der Waals surface area contributed by atoms with Crippen LogP contribution in [0.1, 0.15) is 40.2 Å². The molecule has 12 heteroatoms. The summed E-state index contributed by atoms with van der Waals surface area (Å²) < 4.78 is 49.8. The lowest BCUT2D eigenvalue weighted by molar-refractivity contribution is -0.153. The van der Waals surface area contributed by atoms with Crippen LogP contribution in [0.4, 0.5) is 13.2 Å². The molecule has 2 atom stereocenters. The molecule has 0 unspecified atom stereocenters. The van der Waals surface area contributed by atoms with Crippen molar-refractivity contribution in [3.8, 4) is 5.19 Å². The van der Waals surface area contributed by atoms with Gasteiger partial charge in [-0.25, -0.2) is 4.98 Å². The topological polar surface area (TPSA) is 81.5 Å². The number of nitrogens with zero attached hydrogens (tertiary/aromatic N) is 4. The molecule has 4 heterocycles. The molecule has 2 aliphatic rings. The number of fused-ring (bicyclic) bond motifs is 2. The van der Waals surface area contributed by atoms with Gasteiger partial charge in [0.15, 0.2) is 6.61 Å². The molecular weight excluding hydrogens is 507 g/mol. The van der Waals surface area contributed by atoms with E-state index in [2.05, 4.69) is 20.3 Å². The first-order valence-electron chi connectivity index (χ1n) is 12.5. The molecule has 0 radical (unpaired) electrons. The minimum atomic E-state index is -4.36. The molecule has 2 aromatic heterocycles. The molecule has 1 N–H and O–H groups in total. The number of ether oxygens (including phenoxy) is 2. The van der Waals surface area contributed by atoms with E-state index in [1.54, 1.807) is 4.68 Å². The Labute approximate surface area is 216 Å². The van der Waals surface area contributed by atoms with Crippen molar-refractivity contribution < 1.29 is 27.4 Å². The van der Waals surface area contributed by atoms with Gasteiger partial charge in [0.1, 0.15) is 0 Å². The van der Waals surface area contributed by atoms with Crippen molar-refractivity contribution in [1.82, 2.24) is 25.0 Å². The van der Waals surface area contributed by atoms with E-state index in [0.29, 0.717) is 18.6 Å². The van der Waals surface area contributed by atoms with Crippen LogP contribution in [0.25, 0.3) is 10.9 Å². The van der Waals surface area contributed by atoms with Gasteiger partial charge in [0.05, 0.1) is 30.0 Å². The maximum absolute atomic E-state index is 12.7. The third-order valence-corrected chi connectivity index (χ3v) is 7.86. The maximum atomic E-state index is 12.7. The second-order valence-electron chi connectivity index (χ2n) is 9.66. The molecule has 200 valence electrons. The van der Waals surface area contributed by atoms with E-state index in [-0.39, 0.29) is 23.2 Å². The fraction of sp³-hybridized carbons (Fsp3) is 0.560. The number of hydrogen-bond acceptors (Lipinski definition) is 7. The smallest absolute Gasteiger partial charge is 0.422 e. The van der Waals surface area contributed by atoms with Crippen LogP contribution in [0.2, 0.25) is 0 Å². The molecule has 1 amide bonds. The largest absolute Gasteiger partial charge is 0.460 e. The number of carbonyl (C=O) groups excluding carboxylic acids is 1. The third-order valence-electron chi connectivity index (χ3n) is 6.79. The van der Waals surface area contributed by atoms with E-state index >= 15 is 0 Å². The van der Waals surface area contributed by atoms with Crippen LogP contribution in [0.3, 0.4) is 0 Å². The molecule has 0 aliphatic carbocycles. The van der Waals surface area contributed by atoms with Crippen LogP contribution in [0, 0.1) is 0 Å². The van der Waals surface area contributed by atoms with Gasteiger partial charge in [0.25, 0.3) is 11.1 Å². The van der Waals surface area contributed by atoms with E-state index in [1.165, 1.54) is 11.3 Å². The summed E-state index contributed by atoms with van der Waals surface area (Å²) >= 11 is 1.22. The second kappa shape index (κ2) is 11.0. The average molecular weight is 538 g/mol. The van der Waals surface area contributed by atoms with Crippen LogP contribution < -0.4 is 10.1 Å². The SMILES string of the molecule is Cn1cc2ccc(C(=O)N[C@H]3CC[C@H](CCN4CCc5nc(OCC(F)(F)F)sc5CC4)OC3)cc2n1. The monoisotopic (exact) mass is 537 g/mol. The minimum absolute atomic E-state index is 0.0165. The first kappa shape index (κ1) is 25.9. The van der Waals surface area contributed by atoms with Crippen molar-refractivity contribution in [3.05, 3.63) is 40.5 Å². The number of nitrogens with one attached hydrogen (secondary N) is 1. The molecule has 0 spiro atoms. The van der Waals surface area contributed by atoms with Crippen molar-refractivity contribution in [2.75, 3.05) is 32.8 Å². The number of benzene rings is 1. The molecule has 1 fully saturated rings. The average Bonchev–Trinajstić information content (AvgIpc) is 3.38. The Morgan fingerprint density at radius 3 is 2.89 bits per heavy atom. The van der Waals surface area contributed by atoms with Crippen LogP contribution in [0.15, 0.2) is 24.4 Å². The van der Waals surface area contributed by atoms with Gasteiger partial charge < -0.3 is 19.7 Å². The maximum Gasteiger partial charge on any atom is 0.422 e. The van der Waals surface area contributed by atoms with Crippen LogP contribution in [0.5, 0.6) is 5.19 Å². The van der Waals surface area contributed by atoms with Crippen LogP contribution in [-0.2, 0) is 24.6 Å². The fourth-order valence-electron chi connectivity index (χ4n) is 4.84. The van der Waals surface area contributed by atoms with Crippen molar-refractivity contribution in [1.29, 1.82) is 0 Å². The molecular formula is C25H30F3N5O3S. The summed E-state index contributed by atoms with van der Waals surface area (Å²) in [6.45, 7) is 1.71. The lowest BCUT2D eigenvalue weighted by Gasteiger charge is -2.31. The zero-order chi connectivity index (χ0) is 26.0. The summed E-state index contributed by atoms with van der Waals surface area (Å²) in [5.41, 5.74) is 2.24. The van der Waals surface area contributed by atoms with Gasteiger partial charge in [-0.3, -0.25) is 9.48 Å². The Morgan fingerprint density at radius 1 is 1.27 bits per heavy atom. The zero-order valence-corrected chi connectivity index (χ0v) is 21.4. The first-order chi connectivity index (χ1) is 17.7. The number of aromatic nitrogens is 3. The molecule has 0 bridgehead atoms. The Bertz CT molecular complexity index is 1210. The van der Waals surface area contributed by atoms with Gasteiger partial charge in [-0.05, 0) is 37.8 Å². The minimum Gasteiger partial charge on any atom is -0.460 e. The van der Waals surface area contributed by atoms with Gasteiger partial charge in [-0.1, -0.05) is 17.4 Å². The lowest BCUT2D eigenvalue weighted by atomic mass is 10.0. The van der Waals surface area contributed by atoms with Gasteiger partial charge in [-0.2, -0.15) is 18.3 Å².